The molecule has 3 aromatic carbocycles. The Kier molecular flexibility index (Phi) is 3.08. The summed E-state index contributed by atoms with van der Waals surface area (Å²) in [5.41, 5.74) is 4.02. The molecule has 94 valence electrons. The average Bonchev–Trinajstić information content (AvgIpc) is 2.47. The van der Waals surface area contributed by atoms with E-state index in [1.807, 2.05) is 0 Å². The maximum absolute atomic E-state index is 2.34. The van der Waals surface area contributed by atoms with Crippen LogP contribution in [0, 0.1) is 0 Å². The van der Waals surface area contributed by atoms with Crippen molar-refractivity contribution < 1.29 is 0 Å². The summed E-state index contributed by atoms with van der Waals surface area (Å²) in [6, 6.07) is 23.9. The molecule has 0 heterocycles. The van der Waals surface area contributed by atoms with Gasteiger partial charge in [0.25, 0.3) is 0 Å². The molecule has 0 nitrogen and oxygen atoms in total. The number of fused-ring (bicyclic) bond motifs is 1. The normalized spacial score (nSPS) is 11.1. The van der Waals surface area contributed by atoms with Gasteiger partial charge in [-0.05, 0) is 39.4 Å². The van der Waals surface area contributed by atoms with E-state index in [1.165, 1.54) is 27.5 Å². The third kappa shape index (κ3) is 2.26. The molecule has 3 rings (SSSR count). The van der Waals surface area contributed by atoms with Crippen LogP contribution in [0.3, 0.4) is 0 Å². The zero-order chi connectivity index (χ0) is 13.2. The monoisotopic (exact) mass is 246 g/mol. The second-order valence-corrected chi connectivity index (χ2v) is 5.31. The zero-order valence-corrected chi connectivity index (χ0v) is 11.4. The van der Waals surface area contributed by atoms with Crippen molar-refractivity contribution in [3.8, 4) is 11.1 Å². The molecule has 0 radical (unpaired) electrons. The Hall–Kier alpha value is -2.08. The van der Waals surface area contributed by atoms with Gasteiger partial charge in [-0.25, -0.2) is 0 Å². The fraction of sp³-hybridized carbons (Fsp3) is 0.158. The van der Waals surface area contributed by atoms with Crippen LogP contribution in [0.5, 0.6) is 0 Å². The van der Waals surface area contributed by atoms with Crippen LogP contribution in [0.15, 0.2) is 66.7 Å². The molecule has 3 aromatic rings. The first-order valence-electron chi connectivity index (χ1n) is 6.84. The van der Waals surface area contributed by atoms with Crippen LogP contribution in [-0.4, -0.2) is 0 Å². The van der Waals surface area contributed by atoms with Gasteiger partial charge >= 0.3 is 0 Å². The first kappa shape index (κ1) is 12.0. The van der Waals surface area contributed by atoms with Gasteiger partial charge in [0.05, 0.1) is 0 Å². The van der Waals surface area contributed by atoms with Gasteiger partial charge in [-0.3, -0.25) is 0 Å². The summed E-state index contributed by atoms with van der Waals surface area (Å²) in [6.07, 6.45) is 0. The van der Waals surface area contributed by atoms with Crippen molar-refractivity contribution >= 4 is 10.8 Å². The highest BCUT2D eigenvalue weighted by Crippen LogP contribution is 2.31. The van der Waals surface area contributed by atoms with Crippen molar-refractivity contribution in [1.29, 1.82) is 0 Å². The van der Waals surface area contributed by atoms with E-state index in [0.717, 1.165) is 0 Å². The Morgan fingerprint density at radius 3 is 2.11 bits per heavy atom. The van der Waals surface area contributed by atoms with Crippen LogP contribution in [0.25, 0.3) is 21.9 Å². The molecule has 0 atom stereocenters. The lowest BCUT2D eigenvalue weighted by atomic mass is 9.91. The summed E-state index contributed by atoms with van der Waals surface area (Å²) in [6.45, 7) is 4.52. The van der Waals surface area contributed by atoms with Crippen LogP contribution >= 0.6 is 0 Å². The van der Waals surface area contributed by atoms with E-state index in [4.69, 9.17) is 0 Å². The van der Waals surface area contributed by atoms with E-state index < -0.39 is 0 Å². The summed E-state index contributed by atoms with van der Waals surface area (Å²) in [4.78, 5) is 0. The number of hydrogen-bond acceptors (Lipinski definition) is 0. The van der Waals surface area contributed by atoms with Gasteiger partial charge in [0, 0.05) is 0 Å². The molecule has 0 aromatic heterocycles. The summed E-state index contributed by atoms with van der Waals surface area (Å²) in [5, 5.41) is 2.70. The predicted molar refractivity (Wildman–Crippen MR) is 83.5 cm³/mol. The molecule has 0 aliphatic rings. The van der Waals surface area contributed by atoms with Crippen LogP contribution < -0.4 is 0 Å². The van der Waals surface area contributed by atoms with E-state index in [2.05, 4.69) is 80.6 Å². The topological polar surface area (TPSA) is 0 Å². The molecule has 0 saturated heterocycles. The molecule has 0 fully saturated rings. The van der Waals surface area contributed by atoms with Gasteiger partial charge in [0.15, 0.2) is 0 Å². The quantitative estimate of drug-likeness (QED) is 0.549. The van der Waals surface area contributed by atoms with Gasteiger partial charge in [0.2, 0.25) is 0 Å². The molecule has 0 spiro atoms. The third-order valence-electron chi connectivity index (χ3n) is 3.62. The van der Waals surface area contributed by atoms with E-state index in [0.29, 0.717) is 5.92 Å². The lowest BCUT2D eigenvalue weighted by Gasteiger charge is -2.13. The summed E-state index contributed by atoms with van der Waals surface area (Å²) in [7, 11) is 0. The zero-order valence-electron chi connectivity index (χ0n) is 11.4. The Bertz CT molecular complexity index is 694. The van der Waals surface area contributed by atoms with Crippen LogP contribution in [0.2, 0.25) is 0 Å². The molecule has 19 heavy (non-hydrogen) atoms. The molecule has 0 bridgehead atoms. The third-order valence-corrected chi connectivity index (χ3v) is 3.62. The standard InChI is InChI=1S/C19H18/c1-14(2)19-13-17(15-8-4-3-5-9-15)12-16-10-6-7-11-18(16)19/h3-14H,1-2H3. The fourth-order valence-electron chi connectivity index (χ4n) is 2.62. The first-order chi connectivity index (χ1) is 9.25. The molecule has 0 aliphatic heterocycles. The van der Waals surface area contributed by atoms with Gasteiger partial charge < -0.3 is 0 Å². The second-order valence-electron chi connectivity index (χ2n) is 5.31. The molecule has 0 saturated carbocycles. The van der Waals surface area contributed by atoms with E-state index in [-0.39, 0.29) is 0 Å². The minimum atomic E-state index is 0.536. The Labute approximate surface area is 114 Å². The highest BCUT2D eigenvalue weighted by molar-refractivity contribution is 5.90. The van der Waals surface area contributed by atoms with Crippen LogP contribution in [-0.2, 0) is 0 Å². The van der Waals surface area contributed by atoms with Crippen molar-refractivity contribution in [2.24, 2.45) is 0 Å². The lowest BCUT2D eigenvalue weighted by Crippen LogP contribution is -1.91. The molecule has 0 N–H and O–H groups in total. The maximum atomic E-state index is 2.34. The highest BCUT2D eigenvalue weighted by Gasteiger charge is 2.08. The summed E-state index contributed by atoms with van der Waals surface area (Å²) < 4.78 is 0. The predicted octanol–water partition coefficient (Wildman–Crippen LogP) is 5.63. The Morgan fingerprint density at radius 2 is 1.37 bits per heavy atom. The molecule has 0 amide bonds. The number of benzene rings is 3. The molecule has 0 unspecified atom stereocenters. The van der Waals surface area contributed by atoms with E-state index >= 15 is 0 Å². The summed E-state index contributed by atoms with van der Waals surface area (Å²) >= 11 is 0. The molecule has 0 aliphatic carbocycles. The minimum absolute atomic E-state index is 0.536. The Balaban J connectivity index is 2.28. The maximum Gasteiger partial charge on any atom is -0.0149 e. The van der Waals surface area contributed by atoms with Crippen molar-refractivity contribution in [3.63, 3.8) is 0 Å². The van der Waals surface area contributed by atoms with E-state index in [9.17, 15) is 0 Å². The fourth-order valence-corrected chi connectivity index (χ4v) is 2.62. The lowest BCUT2D eigenvalue weighted by molar-refractivity contribution is 0.877. The molecular weight excluding hydrogens is 228 g/mol. The van der Waals surface area contributed by atoms with Crippen molar-refractivity contribution in [3.05, 3.63) is 72.3 Å². The van der Waals surface area contributed by atoms with Crippen molar-refractivity contribution in [2.45, 2.75) is 19.8 Å². The highest BCUT2D eigenvalue weighted by atomic mass is 14.1. The van der Waals surface area contributed by atoms with E-state index in [1.54, 1.807) is 0 Å². The summed E-state index contributed by atoms with van der Waals surface area (Å²) in [5.74, 6) is 0.536. The number of hydrogen-bond donors (Lipinski definition) is 0. The van der Waals surface area contributed by atoms with Gasteiger partial charge in [-0.15, -0.1) is 0 Å². The van der Waals surface area contributed by atoms with Crippen LogP contribution in [0.1, 0.15) is 25.3 Å². The van der Waals surface area contributed by atoms with Gasteiger partial charge in [-0.2, -0.15) is 0 Å². The van der Waals surface area contributed by atoms with Gasteiger partial charge in [-0.1, -0.05) is 74.5 Å². The first-order valence-corrected chi connectivity index (χ1v) is 6.84. The SMILES string of the molecule is CC(C)c1cc(-c2ccccc2)cc2ccccc12. The van der Waals surface area contributed by atoms with Gasteiger partial charge in [0.1, 0.15) is 0 Å². The van der Waals surface area contributed by atoms with Crippen molar-refractivity contribution in [2.75, 3.05) is 0 Å². The molecule has 0 heteroatoms. The minimum Gasteiger partial charge on any atom is -0.0622 e. The second kappa shape index (κ2) is 4.89. The Morgan fingerprint density at radius 1 is 0.684 bits per heavy atom. The van der Waals surface area contributed by atoms with Crippen molar-refractivity contribution in [1.82, 2.24) is 0 Å². The molecular formula is C19H18. The smallest absolute Gasteiger partial charge is 0.0149 e. The van der Waals surface area contributed by atoms with Crippen LogP contribution in [0.4, 0.5) is 0 Å². The number of rotatable bonds is 2. The largest absolute Gasteiger partial charge is 0.0622 e. The average molecular weight is 246 g/mol.